The van der Waals surface area contributed by atoms with Crippen LogP contribution in [-0.4, -0.2) is 58.6 Å². The van der Waals surface area contributed by atoms with Crippen molar-refractivity contribution in [3.8, 4) is 0 Å². The lowest BCUT2D eigenvalue weighted by molar-refractivity contribution is -0.138. The number of aliphatic hydroxyl groups is 2. The van der Waals surface area contributed by atoms with Crippen LogP contribution in [0, 0.1) is 10.7 Å². The van der Waals surface area contributed by atoms with Gasteiger partial charge in [-0.1, -0.05) is 0 Å². The van der Waals surface area contributed by atoms with Crippen LogP contribution in [0.4, 0.5) is 5.69 Å². The van der Waals surface area contributed by atoms with Gasteiger partial charge in [-0.05, 0) is 67.8 Å². The van der Waals surface area contributed by atoms with Crippen LogP contribution in [0.5, 0.6) is 0 Å². The molecule has 0 aliphatic rings. The number of aliphatic hydroxyl groups excluding tert-OH is 2. The smallest absolute Gasteiger partial charge is 0.303 e. The summed E-state index contributed by atoms with van der Waals surface area (Å²) in [5.74, 6) is -2.27. The molecule has 27 heavy (non-hydrogen) atoms. The van der Waals surface area contributed by atoms with Crippen LogP contribution in [0.2, 0.25) is 0 Å². The molecule has 5 N–H and O–H groups in total. The standard InChI is InChI=1S/C15H15I3N2O7/c16-11-7(5-22)12(17)14(20-8(24)1-2-9(25)26)13(18)10(11)15(27)19-3-6(23)4-21/h5-6,21,23H,1-4H2,(H,19,27)(H,20,24)(H,25,26). The third kappa shape index (κ3) is 6.75. The van der Waals surface area contributed by atoms with Gasteiger partial charge in [-0.3, -0.25) is 19.2 Å². The monoisotopic (exact) mass is 716 g/mol. The highest BCUT2D eigenvalue weighted by molar-refractivity contribution is 14.1. The molecule has 12 heteroatoms. The number of carboxylic acid groups (broad SMARTS) is 1. The Bertz CT molecular complexity index is 771. The van der Waals surface area contributed by atoms with E-state index in [1.54, 1.807) is 0 Å². The van der Waals surface area contributed by atoms with Gasteiger partial charge in [0.15, 0.2) is 6.29 Å². The summed E-state index contributed by atoms with van der Waals surface area (Å²) < 4.78 is 1.16. The number of benzene rings is 1. The van der Waals surface area contributed by atoms with Crippen LogP contribution in [0.1, 0.15) is 33.6 Å². The first-order chi connectivity index (χ1) is 12.6. The fourth-order valence-corrected chi connectivity index (χ4v) is 6.06. The van der Waals surface area contributed by atoms with Crippen LogP contribution in [0.25, 0.3) is 0 Å². The number of amides is 2. The molecule has 9 nitrogen and oxygen atoms in total. The number of hydrogen-bond acceptors (Lipinski definition) is 6. The average Bonchev–Trinajstić information content (AvgIpc) is 2.61. The molecule has 1 aromatic rings. The van der Waals surface area contributed by atoms with Gasteiger partial charge >= 0.3 is 5.97 Å². The zero-order valence-corrected chi connectivity index (χ0v) is 20.1. The molecule has 0 saturated carbocycles. The number of carbonyl (C=O) groups excluding carboxylic acids is 3. The maximum Gasteiger partial charge on any atom is 0.303 e. The molecule has 1 atom stereocenters. The number of aldehydes is 1. The van der Waals surface area contributed by atoms with Crippen molar-refractivity contribution in [2.45, 2.75) is 18.9 Å². The van der Waals surface area contributed by atoms with E-state index in [1.807, 2.05) is 67.8 Å². The summed E-state index contributed by atoms with van der Waals surface area (Å²) in [5.41, 5.74) is 0.581. The van der Waals surface area contributed by atoms with Crippen molar-refractivity contribution in [1.82, 2.24) is 5.32 Å². The number of carboxylic acids is 1. The predicted molar refractivity (Wildman–Crippen MR) is 121 cm³/mol. The average molecular weight is 716 g/mol. The van der Waals surface area contributed by atoms with E-state index in [9.17, 15) is 24.3 Å². The second-order valence-corrected chi connectivity index (χ2v) is 8.45. The lowest BCUT2D eigenvalue weighted by Gasteiger charge is -2.18. The largest absolute Gasteiger partial charge is 0.481 e. The van der Waals surface area contributed by atoms with Crippen molar-refractivity contribution in [3.05, 3.63) is 21.8 Å². The Kier molecular flexibility index (Phi) is 10.3. The zero-order valence-electron chi connectivity index (χ0n) is 13.6. The van der Waals surface area contributed by atoms with Crippen molar-refractivity contribution in [1.29, 1.82) is 0 Å². The molecule has 1 aromatic carbocycles. The van der Waals surface area contributed by atoms with E-state index in [2.05, 4.69) is 10.6 Å². The minimum Gasteiger partial charge on any atom is -0.481 e. The van der Waals surface area contributed by atoms with E-state index in [-0.39, 0.29) is 36.2 Å². The van der Waals surface area contributed by atoms with Crippen LogP contribution < -0.4 is 10.6 Å². The maximum absolute atomic E-state index is 12.5. The molecular weight excluding hydrogens is 701 g/mol. The molecule has 1 unspecified atom stereocenters. The Hall–Kier alpha value is -0.590. The Labute approximate surface area is 195 Å². The molecule has 0 aromatic heterocycles. The van der Waals surface area contributed by atoms with Gasteiger partial charge in [-0.25, -0.2) is 0 Å². The van der Waals surface area contributed by atoms with Crippen molar-refractivity contribution in [3.63, 3.8) is 0 Å². The summed E-state index contributed by atoms with van der Waals surface area (Å²) in [4.78, 5) is 46.6. The zero-order chi connectivity index (χ0) is 20.7. The highest BCUT2D eigenvalue weighted by Crippen LogP contribution is 2.35. The second kappa shape index (κ2) is 11.4. The molecule has 0 spiro atoms. The number of halogens is 3. The number of hydrogen-bond donors (Lipinski definition) is 5. The second-order valence-electron chi connectivity index (χ2n) is 5.21. The van der Waals surface area contributed by atoms with Gasteiger partial charge in [0, 0.05) is 25.7 Å². The molecule has 0 bridgehead atoms. The first-order valence-corrected chi connectivity index (χ1v) is 10.6. The van der Waals surface area contributed by atoms with Crippen molar-refractivity contribution >= 4 is 97.5 Å². The summed E-state index contributed by atoms with van der Waals surface area (Å²) in [6.07, 6.45) is -1.18. The highest BCUT2D eigenvalue weighted by Gasteiger charge is 2.25. The van der Waals surface area contributed by atoms with E-state index < -0.39 is 30.5 Å². The quantitative estimate of drug-likeness (QED) is 0.190. The molecule has 2 amide bonds. The van der Waals surface area contributed by atoms with Crippen molar-refractivity contribution in [2.75, 3.05) is 18.5 Å². The molecule has 0 fully saturated rings. The van der Waals surface area contributed by atoms with Crippen LogP contribution >= 0.6 is 67.8 Å². The van der Waals surface area contributed by atoms with Crippen molar-refractivity contribution < 1.29 is 34.5 Å². The minimum atomic E-state index is -1.13. The lowest BCUT2D eigenvalue weighted by atomic mass is 10.1. The number of nitrogens with one attached hydrogen (secondary N) is 2. The van der Waals surface area contributed by atoms with Gasteiger partial charge in [0.25, 0.3) is 5.91 Å². The topological polar surface area (TPSA) is 153 Å². The lowest BCUT2D eigenvalue weighted by Crippen LogP contribution is -2.35. The highest BCUT2D eigenvalue weighted by atomic mass is 127. The van der Waals surface area contributed by atoms with E-state index in [0.717, 1.165) is 0 Å². The first kappa shape index (κ1) is 24.4. The molecular formula is C15H15I3N2O7. The van der Waals surface area contributed by atoms with E-state index in [1.165, 1.54) is 0 Å². The van der Waals surface area contributed by atoms with E-state index in [4.69, 9.17) is 10.2 Å². The first-order valence-electron chi connectivity index (χ1n) is 7.38. The molecule has 1 rings (SSSR count). The van der Waals surface area contributed by atoms with Gasteiger partial charge in [0.2, 0.25) is 5.91 Å². The predicted octanol–water partition coefficient (Wildman–Crippen LogP) is 1.20. The number of anilines is 1. The summed E-state index contributed by atoms with van der Waals surface area (Å²) in [6.45, 7) is -0.712. The maximum atomic E-state index is 12.5. The van der Waals surface area contributed by atoms with Gasteiger partial charge in [0.1, 0.15) is 0 Å². The van der Waals surface area contributed by atoms with Gasteiger partial charge in [-0.2, -0.15) is 0 Å². The molecule has 0 radical (unpaired) electrons. The summed E-state index contributed by atoms with van der Waals surface area (Å²) >= 11 is 5.57. The van der Waals surface area contributed by atoms with Crippen LogP contribution in [0.3, 0.4) is 0 Å². The van der Waals surface area contributed by atoms with Gasteiger partial charge < -0.3 is 26.0 Å². The van der Waals surface area contributed by atoms with Crippen LogP contribution in [0.15, 0.2) is 0 Å². The Morgan fingerprint density at radius 2 is 1.70 bits per heavy atom. The molecule has 0 saturated heterocycles. The normalized spacial score (nSPS) is 11.6. The third-order valence-corrected chi connectivity index (χ3v) is 6.55. The molecule has 148 valence electrons. The Morgan fingerprint density at radius 3 is 2.22 bits per heavy atom. The SMILES string of the molecule is O=Cc1c(I)c(NC(=O)CCC(=O)O)c(I)c(C(=O)NCC(O)CO)c1I. The number of carbonyl (C=O) groups is 4. The van der Waals surface area contributed by atoms with Gasteiger partial charge in [-0.15, -0.1) is 0 Å². The fraction of sp³-hybridized carbons (Fsp3) is 0.333. The van der Waals surface area contributed by atoms with E-state index >= 15 is 0 Å². The van der Waals surface area contributed by atoms with Gasteiger partial charge in [0.05, 0.1) is 34.0 Å². The van der Waals surface area contributed by atoms with Crippen LogP contribution in [-0.2, 0) is 9.59 Å². The minimum absolute atomic E-state index is 0.136. The summed E-state index contributed by atoms with van der Waals surface area (Å²) in [6, 6.07) is 0. The number of rotatable bonds is 9. The molecule has 0 aliphatic carbocycles. The molecule has 0 heterocycles. The molecule has 0 aliphatic heterocycles. The number of aliphatic carboxylic acids is 1. The van der Waals surface area contributed by atoms with Crippen molar-refractivity contribution in [2.24, 2.45) is 0 Å². The Balaban J connectivity index is 3.28. The Morgan fingerprint density at radius 1 is 1.07 bits per heavy atom. The third-order valence-electron chi connectivity index (χ3n) is 3.24. The summed E-state index contributed by atoms with van der Waals surface area (Å²) in [7, 11) is 0. The van der Waals surface area contributed by atoms with E-state index in [0.29, 0.717) is 17.0 Å². The summed E-state index contributed by atoms with van der Waals surface area (Å²) in [5, 5.41) is 31.9. The fourth-order valence-electron chi connectivity index (χ4n) is 1.88.